The van der Waals surface area contributed by atoms with E-state index in [-0.39, 0.29) is 24.4 Å². The molecule has 0 aromatic rings. The zero-order valence-electron chi connectivity index (χ0n) is 14.2. The zero-order chi connectivity index (χ0) is 16.9. The summed E-state index contributed by atoms with van der Waals surface area (Å²) in [6.45, 7) is 4.12. The van der Waals surface area contributed by atoms with Crippen molar-refractivity contribution in [3.63, 3.8) is 0 Å². The zero-order valence-corrected chi connectivity index (χ0v) is 15.0. The van der Waals surface area contributed by atoms with Crippen molar-refractivity contribution in [2.75, 3.05) is 32.7 Å². The van der Waals surface area contributed by atoms with E-state index < -0.39 is 12.7 Å². The van der Waals surface area contributed by atoms with Gasteiger partial charge in [0.15, 0.2) is 0 Å². The fourth-order valence-electron chi connectivity index (χ4n) is 3.65. The molecular formula is C16H29ClF3N3O. The Kier molecular flexibility index (Phi) is 8.81. The number of hydrogen-bond acceptors (Lipinski definition) is 3. The van der Waals surface area contributed by atoms with E-state index in [1.807, 2.05) is 0 Å². The third kappa shape index (κ3) is 7.57. The lowest BCUT2D eigenvalue weighted by molar-refractivity contribution is -0.148. The van der Waals surface area contributed by atoms with Crippen molar-refractivity contribution in [2.45, 2.75) is 51.2 Å². The normalized spacial score (nSPS) is 22.7. The minimum atomic E-state index is -4.14. The van der Waals surface area contributed by atoms with Crippen LogP contribution in [-0.4, -0.2) is 55.7 Å². The van der Waals surface area contributed by atoms with Crippen LogP contribution in [0.5, 0.6) is 0 Å². The van der Waals surface area contributed by atoms with Gasteiger partial charge in [0.1, 0.15) is 0 Å². The molecule has 0 aromatic heterocycles. The SMILES string of the molecule is CC(CC(=O)NC1CCN(CC(F)(F)F)CC1)C1CCNCC1.Cl. The maximum atomic E-state index is 12.4. The third-order valence-electron chi connectivity index (χ3n) is 5.05. The van der Waals surface area contributed by atoms with Gasteiger partial charge >= 0.3 is 6.18 Å². The molecule has 0 saturated carbocycles. The molecule has 2 rings (SSSR count). The first-order valence-electron chi connectivity index (χ1n) is 8.62. The van der Waals surface area contributed by atoms with Crippen molar-refractivity contribution in [1.82, 2.24) is 15.5 Å². The molecular weight excluding hydrogens is 343 g/mol. The number of carbonyl (C=O) groups excluding carboxylic acids is 1. The lowest BCUT2D eigenvalue weighted by Crippen LogP contribution is -2.47. The molecule has 0 aromatic carbocycles. The molecule has 8 heteroatoms. The fraction of sp³-hybridized carbons (Fsp3) is 0.938. The molecule has 2 N–H and O–H groups in total. The van der Waals surface area contributed by atoms with E-state index in [4.69, 9.17) is 0 Å². The van der Waals surface area contributed by atoms with Crippen LogP contribution < -0.4 is 10.6 Å². The van der Waals surface area contributed by atoms with Crippen LogP contribution in [-0.2, 0) is 4.79 Å². The minimum absolute atomic E-state index is 0. The van der Waals surface area contributed by atoms with Crippen LogP contribution in [0.15, 0.2) is 0 Å². The largest absolute Gasteiger partial charge is 0.401 e. The van der Waals surface area contributed by atoms with E-state index in [0.717, 1.165) is 25.9 Å². The smallest absolute Gasteiger partial charge is 0.353 e. The first kappa shape index (κ1) is 21.5. The summed E-state index contributed by atoms with van der Waals surface area (Å²) >= 11 is 0. The van der Waals surface area contributed by atoms with Crippen LogP contribution in [0.25, 0.3) is 0 Å². The topological polar surface area (TPSA) is 44.4 Å². The Morgan fingerprint density at radius 2 is 1.79 bits per heavy atom. The first-order chi connectivity index (χ1) is 10.8. The second kappa shape index (κ2) is 9.82. The monoisotopic (exact) mass is 371 g/mol. The molecule has 1 atom stereocenters. The van der Waals surface area contributed by atoms with Crippen molar-refractivity contribution in [1.29, 1.82) is 0 Å². The van der Waals surface area contributed by atoms with Crippen LogP contribution >= 0.6 is 12.4 Å². The Bertz CT molecular complexity index is 381. The summed E-state index contributed by atoms with van der Waals surface area (Å²) in [5.74, 6) is 1.00. The second-order valence-corrected chi connectivity index (χ2v) is 7.00. The lowest BCUT2D eigenvalue weighted by atomic mass is 9.84. The van der Waals surface area contributed by atoms with Crippen molar-refractivity contribution < 1.29 is 18.0 Å². The number of rotatable bonds is 5. The Hall–Kier alpha value is -0.530. The number of nitrogens with one attached hydrogen (secondary N) is 2. The standard InChI is InChI=1S/C16H28F3N3O.ClH/c1-12(13-2-6-20-7-3-13)10-15(23)21-14-4-8-22(9-5-14)11-16(17,18)19;/h12-14,20H,2-11H2,1H3,(H,21,23);1H. The summed E-state index contributed by atoms with van der Waals surface area (Å²) in [6, 6.07) is 0.0206. The van der Waals surface area contributed by atoms with E-state index in [2.05, 4.69) is 17.6 Å². The van der Waals surface area contributed by atoms with E-state index >= 15 is 0 Å². The van der Waals surface area contributed by atoms with Gasteiger partial charge in [-0.15, -0.1) is 12.4 Å². The number of amides is 1. The first-order valence-corrected chi connectivity index (χ1v) is 8.62. The summed E-state index contributed by atoms with van der Waals surface area (Å²) < 4.78 is 37.1. The minimum Gasteiger partial charge on any atom is -0.353 e. The fourth-order valence-corrected chi connectivity index (χ4v) is 3.65. The molecule has 4 nitrogen and oxygen atoms in total. The Morgan fingerprint density at radius 1 is 1.21 bits per heavy atom. The van der Waals surface area contributed by atoms with Crippen molar-refractivity contribution in [3.8, 4) is 0 Å². The molecule has 0 aliphatic carbocycles. The molecule has 2 aliphatic heterocycles. The number of alkyl halides is 3. The molecule has 142 valence electrons. The van der Waals surface area contributed by atoms with Gasteiger partial charge in [0, 0.05) is 25.6 Å². The molecule has 1 unspecified atom stereocenters. The van der Waals surface area contributed by atoms with Gasteiger partial charge in [-0.3, -0.25) is 9.69 Å². The van der Waals surface area contributed by atoms with Crippen LogP contribution in [0.3, 0.4) is 0 Å². The molecule has 0 radical (unpaired) electrons. The molecule has 24 heavy (non-hydrogen) atoms. The van der Waals surface area contributed by atoms with Gasteiger partial charge in [-0.05, 0) is 50.6 Å². The Labute approximate surface area is 148 Å². The average Bonchev–Trinajstić information content (AvgIpc) is 2.48. The highest BCUT2D eigenvalue weighted by atomic mass is 35.5. The van der Waals surface area contributed by atoms with Gasteiger partial charge < -0.3 is 10.6 Å². The van der Waals surface area contributed by atoms with Gasteiger partial charge in [-0.1, -0.05) is 6.92 Å². The maximum Gasteiger partial charge on any atom is 0.401 e. The molecule has 2 aliphatic rings. The predicted molar refractivity (Wildman–Crippen MR) is 90.3 cm³/mol. The molecule has 1 amide bonds. The van der Waals surface area contributed by atoms with E-state index in [1.54, 1.807) is 0 Å². The van der Waals surface area contributed by atoms with Gasteiger partial charge in [-0.2, -0.15) is 13.2 Å². The molecule has 2 fully saturated rings. The van der Waals surface area contributed by atoms with E-state index in [0.29, 0.717) is 44.2 Å². The summed E-state index contributed by atoms with van der Waals surface area (Å²) in [5, 5.41) is 6.33. The van der Waals surface area contributed by atoms with Crippen molar-refractivity contribution >= 4 is 18.3 Å². The Balaban J connectivity index is 0.00000288. The predicted octanol–water partition coefficient (Wildman–Crippen LogP) is 2.58. The van der Waals surface area contributed by atoms with Crippen molar-refractivity contribution in [2.24, 2.45) is 11.8 Å². The number of likely N-dealkylation sites (tertiary alicyclic amines) is 1. The van der Waals surface area contributed by atoms with Crippen LogP contribution in [0.4, 0.5) is 13.2 Å². The number of piperidine rings is 2. The maximum absolute atomic E-state index is 12.4. The molecule has 0 bridgehead atoms. The third-order valence-corrected chi connectivity index (χ3v) is 5.05. The summed E-state index contributed by atoms with van der Waals surface area (Å²) in [5.41, 5.74) is 0. The summed E-state index contributed by atoms with van der Waals surface area (Å²) in [4.78, 5) is 13.6. The van der Waals surface area contributed by atoms with Gasteiger partial charge in [0.2, 0.25) is 5.91 Å². The number of halogens is 4. The van der Waals surface area contributed by atoms with E-state index in [1.165, 1.54) is 4.90 Å². The average molecular weight is 372 g/mol. The highest BCUT2D eigenvalue weighted by molar-refractivity contribution is 5.85. The van der Waals surface area contributed by atoms with Crippen LogP contribution in [0, 0.1) is 11.8 Å². The number of nitrogens with zero attached hydrogens (tertiary/aromatic N) is 1. The highest BCUT2D eigenvalue weighted by Gasteiger charge is 2.33. The molecule has 2 heterocycles. The van der Waals surface area contributed by atoms with Crippen molar-refractivity contribution in [3.05, 3.63) is 0 Å². The van der Waals surface area contributed by atoms with Gasteiger partial charge in [0.05, 0.1) is 6.54 Å². The van der Waals surface area contributed by atoms with Crippen LogP contribution in [0.2, 0.25) is 0 Å². The molecule has 0 spiro atoms. The quantitative estimate of drug-likeness (QED) is 0.780. The summed E-state index contributed by atoms with van der Waals surface area (Å²) in [6.07, 6.45) is -0.185. The van der Waals surface area contributed by atoms with Crippen LogP contribution in [0.1, 0.15) is 39.0 Å². The lowest BCUT2D eigenvalue weighted by Gasteiger charge is -2.33. The number of carbonyl (C=O) groups is 1. The Morgan fingerprint density at radius 3 is 2.33 bits per heavy atom. The summed E-state index contributed by atoms with van der Waals surface area (Å²) in [7, 11) is 0. The van der Waals surface area contributed by atoms with E-state index in [9.17, 15) is 18.0 Å². The second-order valence-electron chi connectivity index (χ2n) is 7.00. The number of hydrogen-bond donors (Lipinski definition) is 2. The van der Waals surface area contributed by atoms with Gasteiger partial charge in [-0.25, -0.2) is 0 Å². The highest BCUT2D eigenvalue weighted by Crippen LogP contribution is 2.24. The molecule has 2 saturated heterocycles. The van der Waals surface area contributed by atoms with Gasteiger partial charge in [0.25, 0.3) is 0 Å².